The summed E-state index contributed by atoms with van der Waals surface area (Å²) in [6.07, 6.45) is 1.28. The van der Waals surface area contributed by atoms with Crippen LogP contribution in [0.25, 0.3) is 0 Å². The van der Waals surface area contributed by atoms with E-state index in [0.717, 1.165) is 0 Å². The molecule has 1 N–H and O–H groups in total. The average molecular weight is 462 g/mol. The summed E-state index contributed by atoms with van der Waals surface area (Å²) < 4.78 is 1.93. The number of fused-ring (bicyclic) bond motifs is 1. The van der Waals surface area contributed by atoms with Crippen molar-refractivity contribution in [3.8, 4) is 0 Å². The number of β-lactam (4-membered cyclic amide) rings is 1. The minimum atomic E-state index is -1.41. The third-order valence-electron chi connectivity index (χ3n) is 3.96. The third kappa shape index (κ3) is 4.64. The Balaban J connectivity index is 0.00000240. The third-order valence-corrected chi connectivity index (χ3v) is 7.25. The van der Waals surface area contributed by atoms with Crippen molar-refractivity contribution < 1.29 is 49.0 Å². The van der Waals surface area contributed by atoms with Gasteiger partial charge in [-0.15, -0.1) is 27.1 Å². The fraction of sp³-hybridized carbons (Fsp3) is 0.385. The van der Waals surface area contributed by atoms with Crippen LogP contribution in [0, 0.1) is 0 Å². The molecule has 0 bridgehead atoms. The number of rotatable bonds is 7. The molecule has 2 aliphatic rings. The van der Waals surface area contributed by atoms with Crippen molar-refractivity contribution in [2.24, 2.45) is 0 Å². The summed E-state index contributed by atoms with van der Waals surface area (Å²) >= 11 is 4.09. The number of hydrogen-bond donors (Lipinski definition) is 1. The van der Waals surface area contributed by atoms with Crippen LogP contribution in [-0.4, -0.2) is 76.0 Å². The van der Waals surface area contributed by atoms with Gasteiger partial charge in [0, 0.05) is 11.5 Å². The number of thioether (sulfide) groups is 2. The van der Waals surface area contributed by atoms with Crippen LogP contribution in [0.1, 0.15) is 0 Å². The van der Waals surface area contributed by atoms with Crippen LogP contribution in [0.5, 0.6) is 0 Å². The number of tetrazole rings is 1. The molecular formula is C13H11N8NaO4S3. The van der Waals surface area contributed by atoms with E-state index in [1.807, 2.05) is 0 Å². The van der Waals surface area contributed by atoms with Crippen LogP contribution in [0.15, 0.2) is 27.4 Å². The van der Waals surface area contributed by atoms with Crippen LogP contribution in [0.3, 0.4) is 0 Å². The van der Waals surface area contributed by atoms with Gasteiger partial charge in [0.15, 0.2) is 4.34 Å². The van der Waals surface area contributed by atoms with Crippen LogP contribution in [0.4, 0.5) is 0 Å². The Labute approximate surface area is 198 Å². The smallest absolute Gasteiger partial charge is 0.543 e. The molecule has 1 unspecified atom stereocenters. The first-order valence-electron chi connectivity index (χ1n) is 7.81. The summed E-state index contributed by atoms with van der Waals surface area (Å²) in [4.78, 5) is 37.5. The number of carboxylic acid groups (broad SMARTS) is 1. The zero-order chi connectivity index (χ0) is 19.7. The van der Waals surface area contributed by atoms with Crippen LogP contribution >= 0.6 is 34.9 Å². The molecule has 29 heavy (non-hydrogen) atoms. The van der Waals surface area contributed by atoms with Crippen molar-refractivity contribution in [1.82, 2.24) is 40.6 Å². The predicted molar refractivity (Wildman–Crippen MR) is 95.5 cm³/mol. The Hall–Kier alpha value is -1.52. The first-order valence-corrected chi connectivity index (χ1v) is 10.7. The molecular weight excluding hydrogens is 451 g/mol. The van der Waals surface area contributed by atoms with Crippen molar-refractivity contribution in [2.75, 3.05) is 11.5 Å². The topological polar surface area (TPSA) is 159 Å². The van der Waals surface area contributed by atoms with E-state index in [2.05, 4.69) is 31.0 Å². The molecule has 12 nitrogen and oxygen atoms in total. The maximum atomic E-state index is 12.5. The number of amides is 2. The molecule has 0 spiro atoms. The largest absolute Gasteiger partial charge is 1.00 e. The number of nitrogens with one attached hydrogen (secondary N) is 1. The summed E-state index contributed by atoms with van der Waals surface area (Å²) in [5.41, 5.74) is 2.04. The van der Waals surface area contributed by atoms with Crippen LogP contribution < -0.4 is 40.0 Å². The normalized spacial score (nSPS) is 20.6. The van der Waals surface area contributed by atoms with Gasteiger partial charge in [-0.05, 0) is 16.0 Å². The van der Waals surface area contributed by atoms with Crippen molar-refractivity contribution in [3.63, 3.8) is 0 Å². The number of carbonyl (C=O) groups is 3. The molecule has 4 heterocycles. The zero-order valence-electron chi connectivity index (χ0n) is 14.9. The molecule has 0 aliphatic carbocycles. The maximum absolute atomic E-state index is 12.5. The minimum Gasteiger partial charge on any atom is -0.543 e. The van der Waals surface area contributed by atoms with E-state index in [0.29, 0.717) is 21.4 Å². The fourth-order valence-corrected chi connectivity index (χ4v) is 5.75. The molecule has 1 saturated heterocycles. The number of aliphatic carboxylic acids is 1. The minimum absolute atomic E-state index is 0. The SMILES string of the molecule is O=C(Cn1cnnn1)NC1C(=O)N2C(C(=O)[O-])=C(CSc3nncs3)CS[C@@H]12.[Na+]. The van der Waals surface area contributed by atoms with Crippen LogP contribution in [0.2, 0.25) is 0 Å². The first-order chi connectivity index (χ1) is 13.5. The molecule has 146 valence electrons. The van der Waals surface area contributed by atoms with Gasteiger partial charge in [0.1, 0.15) is 29.8 Å². The van der Waals surface area contributed by atoms with Crippen molar-refractivity contribution in [2.45, 2.75) is 22.3 Å². The number of nitrogens with zero attached hydrogens (tertiary/aromatic N) is 7. The van der Waals surface area contributed by atoms with Gasteiger partial charge < -0.3 is 15.2 Å². The van der Waals surface area contributed by atoms with Gasteiger partial charge in [0.2, 0.25) is 5.91 Å². The second kappa shape index (κ2) is 9.53. The van der Waals surface area contributed by atoms with Gasteiger partial charge in [-0.25, -0.2) is 4.68 Å². The molecule has 2 aromatic heterocycles. The molecule has 0 radical (unpaired) electrons. The second-order valence-electron chi connectivity index (χ2n) is 5.70. The Morgan fingerprint density at radius 1 is 1.38 bits per heavy atom. The Morgan fingerprint density at radius 3 is 2.86 bits per heavy atom. The first kappa shape index (κ1) is 22.2. The van der Waals surface area contributed by atoms with Crippen molar-refractivity contribution >= 4 is 52.6 Å². The quantitative estimate of drug-likeness (QED) is 0.238. The monoisotopic (exact) mass is 462 g/mol. The van der Waals surface area contributed by atoms with E-state index in [1.54, 1.807) is 5.51 Å². The maximum Gasteiger partial charge on any atom is 1.00 e. The molecule has 2 aromatic rings. The number of aromatic nitrogens is 6. The van der Waals surface area contributed by atoms with E-state index >= 15 is 0 Å². The van der Waals surface area contributed by atoms with E-state index in [1.165, 1.54) is 50.8 Å². The molecule has 1 fully saturated rings. The van der Waals surface area contributed by atoms with E-state index in [4.69, 9.17) is 0 Å². The molecule has 2 amide bonds. The van der Waals surface area contributed by atoms with Gasteiger partial charge in [-0.2, -0.15) is 0 Å². The summed E-state index contributed by atoms with van der Waals surface area (Å²) in [6, 6.07) is -0.805. The molecule has 2 atom stereocenters. The molecule has 16 heteroatoms. The van der Waals surface area contributed by atoms with E-state index in [-0.39, 0.29) is 41.8 Å². The Bertz CT molecular complexity index is 938. The molecule has 0 aromatic carbocycles. The van der Waals surface area contributed by atoms with Gasteiger partial charge in [-0.3, -0.25) is 14.5 Å². The van der Waals surface area contributed by atoms with Crippen LogP contribution in [-0.2, 0) is 20.9 Å². The molecule has 2 aliphatic heterocycles. The summed E-state index contributed by atoms with van der Waals surface area (Å²) in [6.45, 7) is -0.138. The zero-order valence-corrected chi connectivity index (χ0v) is 19.4. The predicted octanol–water partition coefficient (Wildman–Crippen LogP) is -5.28. The molecule has 4 rings (SSSR count). The van der Waals surface area contributed by atoms with Gasteiger partial charge in [0.25, 0.3) is 5.91 Å². The van der Waals surface area contributed by atoms with Gasteiger partial charge >= 0.3 is 29.6 Å². The van der Waals surface area contributed by atoms with E-state index in [9.17, 15) is 19.5 Å². The summed E-state index contributed by atoms with van der Waals surface area (Å²) in [5.74, 6) is -1.58. The average Bonchev–Trinajstić information content (AvgIpc) is 3.37. The van der Waals surface area contributed by atoms with Gasteiger partial charge in [0.05, 0.1) is 11.7 Å². The van der Waals surface area contributed by atoms with Crippen molar-refractivity contribution in [3.05, 3.63) is 23.1 Å². The van der Waals surface area contributed by atoms with Crippen molar-refractivity contribution in [1.29, 1.82) is 0 Å². The van der Waals surface area contributed by atoms with E-state index < -0.39 is 29.2 Å². The fourth-order valence-electron chi connectivity index (χ4n) is 2.78. The Kier molecular flexibility index (Phi) is 7.28. The summed E-state index contributed by atoms with van der Waals surface area (Å²) in [5, 5.41) is 31.9. The Morgan fingerprint density at radius 2 is 2.21 bits per heavy atom. The molecule has 0 saturated carbocycles. The van der Waals surface area contributed by atoms with Gasteiger partial charge in [-0.1, -0.05) is 23.1 Å². The number of carbonyl (C=O) groups excluding carboxylic acids is 3. The number of hydrogen-bond acceptors (Lipinski definition) is 12. The second-order valence-corrected chi connectivity index (χ2v) is 8.86. The standard InChI is InChI=1S/C13H12N8O4S3.Na/c22-7(1-20-4-14-18-19-20)16-8-10(23)21-9(12(24)25)6(2-26-11(8)21)3-27-13-17-15-5-28-13;/h4-5,8,11H,1-3H2,(H,16,22)(H,24,25);/q;+1/p-1/t8?,11-;/m0./s1. The summed E-state index contributed by atoms with van der Waals surface area (Å²) in [7, 11) is 0. The number of carboxylic acids is 1.